The average molecular weight is 773 g/mol. The highest BCUT2D eigenvalue weighted by Crippen LogP contribution is 2.42. The van der Waals surface area contributed by atoms with Crippen LogP contribution in [0.3, 0.4) is 0 Å². The fourth-order valence-corrected chi connectivity index (χ4v) is 7.91. The van der Waals surface area contributed by atoms with Crippen molar-refractivity contribution in [3.05, 3.63) is 95.6 Å². The first kappa shape index (κ1) is 43.4. The normalized spacial score (nSPS) is 12.3. The molecule has 3 rings (SSSR count). The number of esters is 2. The number of carbonyl (C=O) groups is 2. The van der Waals surface area contributed by atoms with Gasteiger partial charge >= 0.3 is 11.9 Å². The number of carbonyl (C=O) groups excluding carboxylic acids is 2. The lowest BCUT2D eigenvalue weighted by Crippen LogP contribution is -2.53. The fraction of sp³-hybridized carbons (Fsp3) is 0.500. The minimum Gasteiger partial charge on any atom is -0.497 e. The lowest BCUT2D eigenvalue weighted by molar-refractivity contribution is -0.179. The Balaban J connectivity index is 1.69. The van der Waals surface area contributed by atoms with E-state index in [-0.39, 0.29) is 37.4 Å². The van der Waals surface area contributed by atoms with E-state index in [0.29, 0.717) is 6.61 Å². The van der Waals surface area contributed by atoms with Crippen molar-refractivity contribution in [3.8, 4) is 11.5 Å². The van der Waals surface area contributed by atoms with E-state index in [4.69, 9.17) is 32.8 Å². The van der Waals surface area contributed by atoms with Crippen LogP contribution < -0.4 is 9.47 Å². The highest BCUT2D eigenvalue weighted by molar-refractivity contribution is 8.76. The van der Waals surface area contributed by atoms with E-state index in [1.54, 1.807) is 38.9 Å². The van der Waals surface area contributed by atoms with Crippen LogP contribution in [-0.4, -0.2) is 79.2 Å². The van der Waals surface area contributed by atoms with Crippen LogP contribution in [0.1, 0.15) is 57.7 Å². The Bertz CT molecular complexity index is 1450. The quantitative estimate of drug-likeness (QED) is 0.0186. The van der Waals surface area contributed by atoms with Crippen LogP contribution in [0, 0.1) is 5.41 Å². The lowest BCUT2D eigenvalue weighted by Gasteiger charge is -2.39. The second-order valence-electron chi connectivity index (χ2n) is 13.7. The van der Waals surface area contributed by atoms with Crippen molar-refractivity contribution >= 4 is 41.8 Å². The van der Waals surface area contributed by atoms with Crippen LogP contribution in [0.2, 0.25) is 18.1 Å². The van der Waals surface area contributed by atoms with Crippen LogP contribution in [-0.2, 0) is 38.6 Å². The summed E-state index contributed by atoms with van der Waals surface area (Å²) >= 11 is 0. The summed E-state index contributed by atoms with van der Waals surface area (Å²) in [4.78, 5) is 26.7. The molecule has 12 heteroatoms. The summed E-state index contributed by atoms with van der Waals surface area (Å²) in [6.45, 7) is 14.2. The molecule has 0 N–H and O–H groups in total. The van der Waals surface area contributed by atoms with Gasteiger partial charge in [0.2, 0.25) is 5.41 Å². The maximum Gasteiger partial charge on any atom is 0.328 e. The van der Waals surface area contributed by atoms with E-state index in [1.807, 2.05) is 66.7 Å². The van der Waals surface area contributed by atoms with Gasteiger partial charge in [0.25, 0.3) is 0 Å². The summed E-state index contributed by atoms with van der Waals surface area (Å²) in [6.07, 6.45) is 0.758. The van der Waals surface area contributed by atoms with E-state index < -0.39 is 31.3 Å². The van der Waals surface area contributed by atoms with E-state index in [0.717, 1.165) is 40.4 Å². The van der Waals surface area contributed by atoms with Crippen molar-refractivity contribution in [2.45, 2.75) is 64.8 Å². The smallest absolute Gasteiger partial charge is 0.328 e. The van der Waals surface area contributed by atoms with Crippen LogP contribution in [0.4, 0.5) is 0 Å². The van der Waals surface area contributed by atoms with Gasteiger partial charge in [0.15, 0.2) is 8.32 Å². The molecule has 0 radical (unpaired) electrons. The van der Waals surface area contributed by atoms with Gasteiger partial charge in [0, 0.05) is 12.4 Å². The van der Waals surface area contributed by atoms with Crippen molar-refractivity contribution in [2.24, 2.45) is 5.41 Å². The summed E-state index contributed by atoms with van der Waals surface area (Å²) in [7, 11) is 4.13. The summed E-state index contributed by atoms with van der Waals surface area (Å²) in [5.41, 5.74) is 0.361. The predicted octanol–water partition coefficient (Wildman–Crippen LogP) is 8.89. The van der Waals surface area contributed by atoms with Gasteiger partial charge in [-0.15, -0.1) is 0 Å². The first-order valence-electron chi connectivity index (χ1n) is 17.6. The average Bonchev–Trinajstić information content (AvgIpc) is 3.14. The predicted molar refractivity (Wildman–Crippen MR) is 213 cm³/mol. The molecule has 0 aliphatic heterocycles. The van der Waals surface area contributed by atoms with Gasteiger partial charge in [0.1, 0.15) is 23.0 Å². The Morgan fingerprint density at radius 1 is 0.692 bits per heavy atom. The Morgan fingerprint density at radius 2 is 1.19 bits per heavy atom. The maximum absolute atomic E-state index is 13.3. The minimum absolute atomic E-state index is 0.120. The van der Waals surface area contributed by atoms with Crippen molar-refractivity contribution in [1.82, 2.24) is 0 Å². The van der Waals surface area contributed by atoms with Crippen LogP contribution >= 0.6 is 21.6 Å². The van der Waals surface area contributed by atoms with Crippen molar-refractivity contribution in [1.29, 1.82) is 0 Å². The molecule has 52 heavy (non-hydrogen) atoms. The molecule has 0 heterocycles. The third-order valence-corrected chi connectivity index (χ3v) is 15.9. The molecule has 0 spiro atoms. The number of hydrogen-bond acceptors (Lipinski definition) is 11. The van der Waals surface area contributed by atoms with Gasteiger partial charge in [0.05, 0.1) is 40.6 Å². The molecule has 0 amide bonds. The van der Waals surface area contributed by atoms with Crippen molar-refractivity contribution in [3.63, 3.8) is 0 Å². The van der Waals surface area contributed by atoms with Crippen molar-refractivity contribution < 1.29 is 42.4 Å². The molecule has 0 unspecified atom stereocenters. The Hall–Kier alpha value is -3.00. The monoisotopic (exact) mass is 772 g/mol. The van der Waals surface area contributed by atoms with E-state index in [1.165, 1.54) is 10.8 Å². The zero-order chi connectivity index (χ0) is 38.3. The van der Waals surface area contributed by atoms with Gasteiger partial charge in [-0.25, -0.2) is 0 Å². The molecule has 3 aromatic carbocycles. The van der Waals surface area contributed by atoms with Crippen LogP contribution in [0.25, 0.3) is 0 Å². The molecule has 0 aliphatic rings. The molecule has 0 bridgehead atoms. The standard InChI is InChI=1S/C40H56O9S2Si/c1-10-46-36(41)39(37(42)47-11-2,29-49-52(8,9)38(3,4)5)28-45-30-51-50-27-15-26-48-40(31-16-13-12-14-17-31,32-18-22-34(43-6)23-19-32)33-20-24-35(44-7)25-21-33/h12-14,16-25H,10-11,15,26-30H2,1-9H3. The Morgan fingerprint density at radius 3 is 1.65 bits per heavy atom. The van der Waals surface area contributed by atoms with Crippen LogP contribution in [0.5, 0.6) is 11.5 Å². The summed E-state index contributed by atoms with van der Waals surface area (Å²) in [5.74, 6) is 1.16. The van der Waals surface area contributed by atoms with E-state index in [2.05, 4.69) is 46.0 Å². The summed E-state index contributed by atoms with van der Waals surface area (Å²) < 4.78 is 41.0. The Kier molecular flexibility index (Phi) is 17.1. The molecule has 0 saturated heterocycles. The third-order valence-electron chi connectivity index (χ3n) is 9.25. The molecule has 0 aliphatic carbocycles. The molecular weight excluding hydrogens is 717 g/mol. The number of rotatable bonds is 22. The third kappa shape index (κ3) is 11.0. The largest absolute Gasteiger partial charge is 0.497 e. The van der Waals surface area contributed by atoms with E-state index in [9.17, 15) is 9.59 Å². The van der Waals surface area contributed by atoms with Crippen LogP contribution in [0.15, 0.2) is 78.9 Å². The first-order valence-corrected chi connectivity index (χ1v) is 23.0. The molecule has 0 aromatic heterocycles. The second-order valence-corrected chi connectivity index (χ2v) is 21.0. The zero-order valence-corrected chi connectivity index (χ0v) is 34.8. The zero-order valence-electron chi connectivity index (χ0n) is 32.2. The number of hydrogen-bond donors (Lipinski definition) is 0. The second kappa shape index (κ2) is 20.5. The summed E-state index contributed by atoms with van der Waals surface area (Å²) in [6, 6.07) is 26.2. The van der Waals surface area contributed by atoms with Gasteiger partial charge in [-0.2, -0.15) is 0 Å². The number of ether oxygens (including phenoxy) is 6. The topological polar surface area (TPSA) is 98.8 Å². The van der Waals surface area contributed by atoms with Gasteiger partial charge < -0.3 is 32.8 Å². The number of benzene rings is 3. The highest BCUT2D eigenvalue weighted by atomic mass is 33.1. The molecule has 0 atom stereocenters. The minimum atomic E-state index is -2.32. The van der Waals surface area contributed by atoms with Crippen molar-refractivity contribution in [2.75, 3.05) is 58.9 Å². The maximum atomic E-state index is 13.3. The molecule has 0 saturated carbocycles. The van der Waals surface area contributed by atoms with Gasteiger partial charge in [-0.05, 0) is 79.4 Å². The summed E-state index contributed by atoms with van der Waals surface area (Å²) in [5, 5.41) is -0.122. The molecule has 286 valence electrons. The van der Waals surface area contributed by atoms with Gasteiger partial charge in [-0.1, -0.05) is 97.0 Å². The molecule has 0 fully saturated rings. The lowest BCUT2D eigenvalue weighted by atomic mass is 9.80. The Labute approximate surface area is 319 Å². The fourth-order valence-electron chi connectivity index (χ4n) is 5.18. The SMILES string of the molecule is CCOC(=O)C(COCSSCCCOC(c1ccccc1)(c1ccc(OC)cc1)c1ccc(OC)cc1)(CO[Si](C)(C)C(C)(C)C)C(=O)OCC. The highest BCUT2D eigenvalue weighted by Gasteiger charge is 2.52. The number of methoxy groups -OCH3 is 2. The van der Waals surface area contributed by atoms with E-state index >= 15 is 0 Å². The first-order chi connectivity index (χ1) is 24.8. The molecule has 3 aromatic rings. The molecular formula is C40H56O9S2Si. The van der Waals surface area contributed by atoms with Gasteiger partial charge in [-0.3, -0.25) is 9.59 Å². The molecule has 9 nitrogen and oxygen atoms in total.